The number of aryl methyl sites for hydroxylation is 1. The minimum Gasteiger partial charge on any atom is -0.366 e. The summed E-state index contributed by atoms with van der Waals surface area (Å²) in [4.78, 5) is 37.9. The topological polar surface area (TPSA) is 92.5 Å². The van der Waals surface area contributed by atoms with Crippen LogP contribution in [0.3, 0.4) is 0 Å². The summed E-state index contributed by atoms with van der Waals surface area (Å²) in [5, 5.41) is 3.27. The van der Waals surface area contributed by atoms with Crippen molar-refractivity contribution < 1.29 is 14.4 Å². The van der Waals surface area contributed by atoms with Crippen LogP contribution in [0.1, 0.15) is 22.3 Å². The largest absolute Gasteiger partial charge is 0.366 e. The van der Waals surface area contributed by atoms with Crippen LogP contribution in [0.15, 0.2) is 42.5 Å². The van der Waals surface area contributed by atoms with Crippen molar-refractivity contribution in [3.8, 4) is 0 Å². The molecule has 1 saturated heterocycles. The standard InChI is InChI=1S/C19H18ClN3O3/c1-11-6-7-13(9-15(11)20)23-10-12(8-17(23)24)19(26)22-16-5-3-2-4-14(16)18(21)25/h2-7,9,12H,8,10H2,1H3,(H2,21,25)(H,22,26). The number of hydrogen-bond acceptors (Lipinski definition) is 3. The van der Waals surface area contributed by atoms with E-state index in [1.54, 1.807) is 35.2 Å². The first-order valence-corrected chi connectivity index (χ1v) is 8.51. The van der Waals surface area contributed by atoms with Gasteiger partial charge in [-0.15, -0.1) is 0 Å². The monoisotopic (exact) mass is 371 g/mol. The number of para-hydroxylation sites is 1. The Hall–Kier alpha value is -2.86. The highest BCUT2D eigenvalue weighted by molar-refractivity contribution is 6.31. The van der Waals surface area contributed by atoms with E-state index in [0.29, 0.717) is 16.4 Å². The third-order valence-corrected chi connectivity index (χ3v) is 4.82. The van der Waals surface area contributed by atoms with Gasteiger partial charge in [0.15, 0.2) is 0 Å². The number of amides is 3. The van der Waals surface area contributed by atoms with E-state index in [1.165, 1.54) is 0 Å². The Morgan fingerprint density at radius 1 is 1.23 bits per heavy atom. The van der Waals surface area contributed by atoms with Gasteiger partial charge in [0.1, 0.15) is 0 Å². The number of carbonyl (C=O) groups is 3. The highest BCUT2D eigenvalue weighted by Gasteiger charge is 2.35. The van der Waals surface area contributed by atoms with E-state index in [0.717, 1.165) is 5.56 Å². The molecule has 0 bridgehead atoms. The molecule has 2 aromatic carbocycles. The van der Waals surface area contributed by atoms with Crippen molar-refractivity contribution in [1.82, 2.24) is 0 Å². The number of nitrogens with one attached hydrogen (secondary N) is 1. The van der Waals surface area contributed by atoms with E-state index in [-0.39, 0.29) is 30.3 Å². The van der Waals surface area contributed by atoms with Crippen LogP contribution in [0.2, 0.25) is 5.02 Å². The molecule has 2 aromatic rings. The zero-order valence-electron chi connectivity index (χ0n) is 14.2. The molecule has 7 heteroatoms. The van der Waals surface area contributed by atoms with Crippen LogP contribution in [0.25, 0.3) is 0 Å². The molecule has 1 atom stereocenters. The number of primary amides is 1. The number of rotatable bonds is 4. The van der Waals surface area contributed by atoms with Gasteiger partial charge in [0.25, 0.3) is 5.91 Å². The van der Waals surface area contributed by atoms with Crippen LogP contribution in [-0.4, -0.2) is 24.3 Å². The molecule has 0 aromatic heterocycles. The maximum Gasteiger partial charge on any atom is 0.250 e. The van der Waals surface area contributed by atoms with Crippen molar-refractivity contribution in [2.45, 2.75) is 13.3 Å². The molecular weight excluding hydrogens is 354 g/mol. The highest BCUT2D eigenvalue weighted by atomic mass is 35.5. The molecule has 6 nitrogen and oxygen atoms in total. The Bertz CT molecular complexity index is 897. The summed E-state index contributed by atoms with van der Waals surface area (Å²) < 4.78 is 0. The fourth-order valence-corrected chi connectivity index (χ4v) is 3.10. The molecule has 26 heavy (non-hydrogen) atoms. The first-order valence-electron chi connectivity index (χ1n) is 8.13. The minimum absolute atomic E-state index is 0.0933. The second kappa shape index (κ2) is 7.17. The predicted molar refractivity (Wildman–Crippen MR) is 100 cm³/mol. The van der Waals surface area contributed by atoms with Crippen LogP contribution >= 0.6 is 11.6 Å². The maximum atomic E-state index is 12.6. The fourth-order valence-electron chi connectivity index (χ4n) is 2.92. The summed E-state index contributed by atoms with van der Waals surface area (Å²) in [6, 6.07) is 11.9. The van der Waals surface area contributed by atoms with E-state index < -0.39 is 11.8 Å². The number of hydrogen-bond donors (Lipinski definition) is 2. The molecule has 0 spiro atoms. The molecule has 0 radical (unpaired) electrons. The lowest BCUT2D eigenvalue weighted by molar-refractivity contribution is -0.122. The van der Waals surface area contributed by atoms with Gasteiger partial charge >= 0.3 is 0 Å². The van der Waals surface area contributed by atoms with Crippen LogP contribution in [0, 0.1) is 12.8 Å². The average molecular weight is 372 g/mol. The third-order valence-electron chi connectivity index (χ3n) is 4.41. The molecular formula is C19H18ClN3O3. The van der Waals surface area contributed by atoms with Gasteiger partial charge in [-0.25, -0.2) is 0 Å². The molecule has 1 heterocycles. The number of carbonyl (C=O) groups excluding carboxylic acids is 3. The first kappa shape index (κ1) is 17.9. The van der Waals surface area contributed by atoms with Gasteiger partial charge in [-0.3, -0.25) is 14.4 Å². The third kappa shape index (κ3) is 3.55. The van der Waals surface area contributed by atoms with Gasteiger partial charge in [0, 0.05) is 23.7 Å². The lowest BCUT2D eigenvalue weighted by Crippen LogP contribution is -2.28. The molecule has 1 aliphatic rings. The molecule has 3 N–H and O–H groups in total. The first-order chi connectivity index (χ1) is 12.4. The quantitative estimate of drug-likeness (QED) is 0.865. The van der Waals surface area contributed by atoms with Crippen molar-refractivity contribution in [2.75, 3.05) is 16.8 Å². The summed E-state index contributed by atoms with van der Waals surface area (Å²) in [5.41, 5.74) is 7.48. The second-order valence-electron chi connectivity index (χ2n) is 6.24. The van der Waals surface area contributed by atoms with E-state index >= 15 is 0 Å². The van der Waals surface area contributed by atoms with Crippen molar-refractivity contribution in [2.24, 2.45) is 11.7 Å². The number of nitrogens with zero attached hydrogens (tertiary/aromatic N) is 1. The van der Waals surface area contributed by atoms with Crippen molar-refractivity contribution in [1.29, 1.82) is 0 Å². The van der Waals surface area contributed by atoms with Gasteiger partial charge < -0.3 is 16.0 Å². The summed E-state index contributed by atoms with van der Waals surface area (Å²) in [5.74, 6) is -1.62. The van der Waals surface area contributed by atoms with Crippen molar-refractivity contribution >= 4 is 40.7 Å². The zero-order valence-corrected chi connectivity index (χ0v) is 14.9. The fraction of sp³-hybridized carbons (Fsp3) is 0.211. The molecule has 1 fully saturated rings. The zero-order chi connectivity index (χ0) is 18.8. The Balaban J connectivity index is 1.75. The highest BCUT2D eigenvalue weighted by Crippen LogP contribution is 2.29. The Labute approximate surface area is 155 Å². The van der Waals surface area contributed by atoms with E-state index in [2.05, 4.69) is 5.32 Å². The van der Waals surface area contributed by atoms with Crippen LogP contribution < -0.4 is 16.0 Å². The number of halogens is 1. The molecule has 3 rings (SSSR count). The summed E-state index contributed by atoms with van der Waals surface area (Å²) in [6.45, 7) is 2.13. The lowest BCUT2D eigenvalue weighted by atomic mass is 10.1. The van der Waals surface area contributed by atoms with Crippen LogP contribution in [0.4, 0.5) is 11.4 Å². The second-order valence-corrected chi connectivity index (χ2v) is 6.65. The molecule has 0 saturated carbocycles. The molecule has 1 unspecified atom stereocenters. The summed E-state index contributed by atoms with van der Waals surface area (Å²) in [6.07, 6.45) is 0.0933. The minimum atomic E-state index is -0.626. The van der Waals surface area contributed by atoms with E-state index in [9.17, 15) is 14.4 Å². The normalized spacial score (nSPS) is 16.6. The number of benzene rings is 2. The van der Waals surface area contributed by atoms with Gasteiger partial charge in [0.05, 0.1) is 17.2 Å². The van der Waals surface area contributed by atoms with Gasteiger partial charge in [-0.05, 0) is 36.8 Å². The molecule has 134 valence electrons. The molecule has 3 amide bonds. The van der Waals surface area contributed by atoms with Crippen molar-refractivity contribution in [3.63, 3.8) is 0 Å². The summed E-state index contributed by atoms with van der Waals surface area (Å²) >= 11 is 6.13. The maximum absolute atomic E-state index is 12.6. The van der Waals surface area contributed by atoms with Crippen LogP contribution in [0.5, 0.6) is 0 Å². The van der Waals surface area contributed by atoms with Crippen LogP contribution in [-0.2, 0) is 9.59 Å². The summed E-state index contributed by atoms with van der Waals surface area (Å²) in [7, 11) is 0. The molecule has 0 aliphatic carbocycles. The van der Waals surface area contributed by atoms with Crippen molar-refractivity contribution in [3.05, 3.63) is 58.6 Å². The molecule has 1 aliphatic heterocycles. The Kier molecular flexibility index (Phi) is 4.95. The smallest absolute Gasteiger partial charge is 0.250 e. The van der Waals surface area contributed by atoms with Gasteiger partial charge in [-0.2, -0.15) is 0 Å². The average Bonchev–Trinajstić information content (AvgIpc) is 2.99. The van der Waals surface area contributed by atoms with E-state index in [4.69, 9.17) is 17.3 Å². The SMILES string of the molecule is Cc1ccc(N2CC(C(=O)Nc3ccccc3C(N)=O)CC2=O)cc1Cl. The lowest BCUT2D eigenvalue weighted by Gasteiger charge is -2.18. The van der Waals surface area contributed by atoms with E-state index in [1.807, 2.05) is 19.1 Å². The number of anilines is 2. The Morgan fingerprint density at radius 2 is 1.96 bits per heavy atom. The number of nitrogens with two attached hydrogens (primary N) is 1. The Morgan fingerprint density at radius 3 is 2.65 bits per heavy atom. The predicted octanol–water partition coefficient (Wildman–Crippen LogP) is 2.74. The van der Waals surface area contributed by atoms with Gasteiger partial charge in [-0.1, -0.05) is 29.8 Å². The van der Waals surface area contributed by atoms with Gasteiger partial charge in [0.2, 0.25) is 11.8 Å².